The van der Waals surface area contributed by atoms with Gasteiger partial charge in [-0.1, -0.05) is 70.7 Å². The zero-order valence-electron chi connectivity index (χ0n) is 34.5. The van der Waals surface area contributed by atoms with E-state index >= 15 is 0 Å². The van der Waals surface area contributed by atoms with Gasteiger partial charge in [-0.25, -0.2) is 52.1 Å². The lowest BCUT2D eigenvalue weighted by Crippen LogP contribution is -2.44. The standard InChI is InChI=1S/C20H23Cl2F2N5O3S.C17H18Cl3F2N5O2S/c1-5-8-31-17-12(21)16(26-15(27-17)13-14(22)25-11-33-13)28-6-7-29(10-20(23,24)9-28)18(30)32-19(2,3)4;1-16(2,3)29-15(28)27-5-4-26(6-17(21,22)7-27)14-9(18)11(19)24-13(25-14)10-12(20)23-8-30-10/h5,11H,1,6-10H2,2-4H3;8H,4-7H2,1-3H3. The van der Waals surface area contributed by atoms with E-state index in [1.807, 2.05) is 0 Å². The zero-order chi connectivity index (χ0) is 46.7. The van der Waals surface area contributed by atoms with Gasteiger partial charge in [-0.15, -0.1) is 22.7 Å². The fraction of sp³-hybridized carbons (Fsp3) is 0.514. The number of hydrogen-bond donors (Lipinski definition) is 0. The minimum Gasteiger partial charge on any atom is -0.472 e. The molecule has 4 aromatic rings. The molecule has 2 aliphatic rings. The van der Waals surface area contributed by atoms with Gasteiger partial charge in [0.1, 0.15) is 37.6 Å². The lowest BCUT2D eigenvalue weighted by Gasteiger charge is -2.27. The number of halogens is 9. The summed E-state index contributed by atoms with van der Waals surface area (Å²) in [6, 6.07) is 0. The van der Waals surface area contributed by atoms with Crippen LogP contribution in [0.4, 0.5) is 38.8 Å². The number of carbonyl (C=O) groups is 2. The molecule has 2 saturated heterocycles. The highest BCUT2D eigenvalue weighted by molar-refractivity contribution is 7.14. The molecule has 2 fully saturated rings. The highest BCUT2D eigenvalue weighted by Gasteiger charge is 2.43. The van der Waals surface area contributed by atoms with Gasteiger partial charge < -0.3 is 33.8 Å². The molecule has 63 heavy (non-hydrogen) atoms. The molecule has 15 nitrogen and oxygen atoms in total. The molecule has 0 unspecified atom stereocenters. The molecule has 26 heteroatoms. The Hall–Kier alpha value is -3.73. The van der Waals surface area contributed by atoms with Gasteiger partial charge in [0.25, 0.3) is 11.8 Å². The molecule has 0 saturated carbocycles. The monoisotopic (exact) mass is 1020 g/mol. The minimum atomic E-state index is -3.26. The minimum absolute atomic E-state index is 0.00223. The van der Waals surface area contributed by atoms with Crippen molar-refractivity contribution in [2.75, 3.05) is 68.8 Å². The molecule has 0 N–H and O–H groups in total. The molecule has 0 aliphatic carbocycles. The SMILES string of the molecule is C=CCOc1nc(-c2scnc2Cl)nc(N2CCN(C(=O)OC(C)(C)C)CC(F)(F)C2)c1Cl.CC(C)(C)OC(=O)N1CCN(c2nc(-c3scnc3Cl)nc(Cl)c2Cl)CC(F)(F)C1. The summed E-state index contributed by atoms with van der Waals surface area (Å²) in [7, 11) is 0. The van der Waals surface area contributed by atoms with Crippen molar-refractivity contribution in [3.8, 4) is 27.3 Å². The highest BCUT2D eigenvalue weighted by atomic mass is 35.5. The van der Waals surface area contributed by atoms with Crippen LogP contribution in [0.25, 0.3) is 21.4 Å². The molecule has 0 bridgehead atoms. The summed E-state index contributed by atoms with van der Waals surface area (Å²) in [5.41, 5.74) is 1.40. The average Bonchev–Trinajstić information content (AvgIpc) is 3.71. The number of ether oxygens (including phenoxy) is 3. The summed E-state index contributed by atoms with van der Waals surface area (Å²) in [5.74, 6) is -6.17. The number of carbonyl (C=O) groups excluding carboxylic acids is 2. The normalized spacial score (nSPS) is 16.7. The van der Waals surface area contributed by atoms with Crippen LogP contribution in [-0.2, 0) is 9.47 Å². The van der Waals surface area contributed by atoms with E-state index in [4.69, 9.17) is 72.2 Å². The second-order valence-electron chi connectivity index (χ2n) is 15.9. The molecule has 344 valence electrons. The molecular weight excluding hydrogens is 982 g/mol. The van der Waals surface area contributed by atoms with E-state index in [0.29, 0.717) is 9.75 Å². The van der Waals surface area contributed by atoms with Crippen molar-refractivity contribution in [3.63, 3.8) is 0 Å². The fourth-order valence-electron chi connectivity index (χ4n) is 5.78. The van der Waals surface area contributed by atoms with Crippen LogP contribution in [0, 0.1) is 0 Å². The summed E-state index contributed by atoms with van der Waals surface area (Å²) < 4.78 is 75.1. The quantitative estimate of drug-likeness (QED) is 0.0982. The molecule has 0 radical (unpaired) electrons. The van der Waals surface area contributed by atoms with Crippen molar-refractivity contribution in [3.05, 3.63) is 49.2 Å². The van der Waals surface area contributed by atoms with Gasteiger partial charge in [-0.3, -0.25) is 0 Å². The van der Waals surface area contributed by atoms with Crippen LogP contribution in [0.15, 0.2) is 23.7 Å². The lowest BCUT2D eigenvalue weighted by molar-refractivity contribution is -0.0285. The maximum absolute atomic E-state index is 14.9. The van der Waals surface area contributed by atoms with E-state index in [-0.39, 0.29) is 87.5 Å². The molecule has 0 spiro atoms. The number of rotatable bonds is 7. The van der Waals surface area contributed by atoms with E-state index in [2.05, 4.69) is 36.5 Å². The first kappa shape index (κ1) is 50.3. The van der Waals surface area contributed by atoms with Crippen molar-refractivity contribution in [1.29, 1.82) is 0 Å². The molecule has 0 aromatic carbocycles. The molecule has 4 aromatic heterocycles. The predicted molar refractivity (Wildman–Crippen MR) is 237 cm³/mol. The number of nitrogens with zero attached hydrogens (tertiary/aromatic N) is 10. The van der Waals surface area contributed by atoms with Crippen LogP contribution in [-0.4, -0.2) is 134 Å². The van der Waals surface area contributed by atoms with Crippen molar-refractivity contribution >= 4 is 105 Å². The number of thiazole rings is 2. The first-order valence-corrected chi connectivity index (χ1v) is 22.4. The third-order valence-corrected chi connectivity index (χ3v) is 11.8. The van der Waals surface area contributed by atoms with E-state index in [9.17, 15) is 27.2 Å². The van der Waals surface area contributed by atoms with Crippen LogP contribution >= 0.6 is 80.7 Å². The zero-order valence-corrected chi connectivity index (χ0v) is 39.9. The van der Waals surface area contributed by atoms with Crippen molar-refractivity contribution in [1.82, 2.24) is 39.7 Å². The van der Waals surface area contributed by atoms with Gasteiger partial charge in [0.2, 0.25) is 5.88 Å². The fourth-order valence-corrected chi connectivity index (χ4v) is 8.27. The Morgan fingerprint density at radius 1 is 0.683 bits per heavy atom. The van der Waals surface area contributed by atoms with Crippen molar-refractivity contribution in [2.24, 2.45) is 0 Å². The molecule has 2 aliphatic heterocycles. The van der Waals surface area contributed by atoms with Crippen LogP contribution in [0.2, 0.25) is 25.5 Å². The maximum Gasteiger partial charge on any atom is 0.410 e. The van der Waals surface area contributed by atoms with Crippen LogP contribution < -0.4 is 14.5 Å². The van der Waals surface area contributed by atoms with Crippen LogP contribution in [0.5, 0.6) is 5.88 Å². The predicted octanol–water partition coefficient (Wildman–Crippen LogP) is 10.4. The van der Waals surface area contributed by atoms with Gasteiger partial charge in [0, 0.05) is 26.2 Å². The highest BCUT2D eigenvalue weighted by Crippen LogP contribution is 2.40. The topological polar surface area (TPSA) is 152 Å². The number of hydrogen-bond acceptors (Lipinski definition) is 15. The van der Waals surface area contributed by atoms with Crippen LogP contribution in [0.3, 0.4) is 0 Å². The molecule has 6 rings (SSSR count). The average molecular weight is 1020 g/mol. The smallest absolute Gasteiger partial charge is 0.410 e. The Morgan fingerprint density at radius 3 is 1.51 bits per heavy atom. The van der Waals surface area contributed by atoms with E-state index in [0.717, 1.165) is 9.80 Å². The Labute approximate surface area is 393 Å². The summed E-state index contributed by atoms with van der Waals surface area (Å²) in [5, 5.41) is 0.130. The maximum atomic E-state index is 14.9. The number of anilines is 2. The van der Waals surface area contributed by atoms with Gasteiger partial charge >= 0.3 is 12.2 Å². The second kappa shape index (κ2) is 20.2. The largest absolute Gasteiger partial charge is 0.472 e. The third-order valence-electron chi connectivity index (χ3n) is 8.26. The van der Waals surface area contributed by atoms with E-state index in [1.165, 1.54) is 49.6 Å². The van der Waals surface area contributed by atoms with Gasteiger partial charge in [-0.05, 0) is 41.5 Å². The summed E-state index contributed by atoms with van der Waals surface area (Å²) in [6.45, 7) is 10.7. The molecule has 2 amide bonds. The van der Waals surface area contributed by atoms with Crippen LogP contribution in [0.1, 0.15) is 41.5 Å². The summed E-state index contributed by atoms with van der Waals surface area (Å²) >= 11 is 33.4. The number of alkyl halides is 4. The Kier molecular flexibility index (Phi) is 16.1. The third kappa shape index (κ3) is 13.6. The Bertz CT molecular complexity index is 2300. The van der Waals surface area contributed by atoms with Gasteiger partial charge in [-0.2, -0.15) is 4.98 Å². The Balaban J connectivity index is 0.000000239. The first-order chi connectivity index (χ1) is 29.3. The van der Waals surface area contributed by atoms with Crippen molar-refractivity contribution in [2.45, 2.75) is 64.6 Å². The van der Waals surface area contributed by atoms with Gasteiger partial charge in [0.05, 0.1) is 37.2 Å². The summed E-state index contributed by atoms with van der Waals surface area (Å²) in [6.07, 6.45) is -0.131. The van der Waals surface area contributed by atoms with E-state index in [1.54, 1.807) is 41.5 Å². The lowest BCUT2D eigenvalue weighted by atomic mass is 10.2. The van der Waals surface area contributed by atoms with Crippen molar-refractivity contribution < 1.29 is 41.4 Å². The number of amides is 2. The Morgan fingerprint density at radius 2 is 1.11 bits per heavy atom. The summed E-state index contributed by atoms with van der Waals surface area (Å²) in [4.78, 5) is 55.1. The molecule has 0 atom stereocenters. The number of aromatic nitrogens is 6. The van der Waals surface area contributed by atoms with E-state index < -0.39 is 61.4 Å². The molecule has 6 heterocycles. The second-order valence-corrected chi connectivity index (χ2v) is 19.4. The first-order valence-electron chi connectivity index (χ1n) is 18.7. The van der Waals surface area contributed by atoms with Gasteiger partial charge in [0.15, 0.2) is 38.7 Å². The molecular formula is C37H41Cl5F4N10O5S2.